The summed E-state index contributed by atoms with van der Waals surface area (Å²) in [6, 6.07) is 19.0. The zero-order valence-corrected chi connectivity index (χ0v) is 17.8. The average molecular weight is 439 g/mol. The Hall–Kier alpha value is -3.12. The summed E-state index contributed by atoms with van der Waals surface area (Å²) in [5, 5.41) is 0. The van der Waals surface area contributed by atoms with Crippen molar-refractivity contribution in [1.82, 2.24) is 4.90 Å². The monoisotopic (exact) mass is 439 g/mol. The van der Waals surface area contributed by atoms with Crippen LogP contribution in [0.25, 0.3) is 11.1 Å². The summed E-state index contributed by atoms with van der Waals surface area (Å²) in [5.41, 5.74) is 4.85. The smallest absolute Gasteiger partial charge is 0.416 e. The molecule has 3 aromatic rings. The van der Waals surface area contributed by atoms with Gasteiger partial charge in [0.15, 0.2) is 0 Å². The minimum atomic E-state index is -4.35. The molecular formula is C26H24F3NO2. The van der Waals surface area contributed by atoms with Crippen LogP contribution in [-0.2, 0) is 30.4 Å². The van der Waals surface area contributed by atoms with Crippen LogP contribution < -0.4 is 0 Å². The van der Waals surface area contributed by atoms with Crippen LogP contribution >= 0.6 is 0 Å². The van der Waals surface area contributed by atoms with Gasteiger partial charge in [0, 0.05) is 19.6 Å². The molecule has 0 fully saturated rings. The maximum atomic E-state index is 13.1. The number of hydrogen-bond donors (Lipinski definition) is 0. The molecule has 4 rings (SSSR count). The SMILES string of the molecule is CCOC(=O)c1cccc(-c2cccc3c2CN(Cc2cccc(C(F)(F)F)c2)CC3)c1. The van der Waals surface area contributed by atoms with Gasteiger partial charge in [0.1, 0.15) is 0 Å². The fraction of sp³-hybridized carbons (Fsp3) is 0.269. The number of nitrogens with zero attached hydrogens (tertiary/aromatic N) is 1. The van der Waals surface area contributed by atoms with Crippen molar-refractivity contribution in [2.24, 2.45) is 0 Å². The van der Waals surface area contributed by atoms with E-state index in [0.717, 1.165) is 35.7 Å². The van der Waals surface area contributed by atoms with E-state index in [1.54, 1.807) is 19.1 Å². The van der Waals surface area contributed by atoms with Crippen LogP contribution in [0.3, 0.4) is 0 Å². The van der Waals surface area contributed by atoms with Gasteiger partial charge < -0.3 is 4.74 Å². The van der Waals surface area contributed by atoms with Crippen LogP contribution in [0.2, 0.25) is 0 Å². The van der Waals surface area contributed by atoms with E-state index in [2.05, 4.69) is 11.0 Å². The highest BCUT2D eigenvalue weighted by molar-refractivity contribution is 5.91. The van der Waals surface area contributed by atoms with Crippen LogP contribution in [0, 0.1) is 0 Å². The van der Waals surface area contributed by atoms with Gasteiger partial charge in [0.2, 0.25) is 0 Å². The van der Waals surface area contributed by atoms with Crippen molar-refractivity contribution in [3.8, 4) is 11.1 Å². The van der Waals surface area contributed by atoms with Crippen molar-refractivity contribution in [2.45, 2.75) is 32.6 Å². The quantitative estimate of drug-likeness (QED) is 0.450. The van der Waals surface area contributed by atoms with Crippen molar-refractivity contribution < 1.29 is 22.7 Å². The predicted octanol–water partition coefficient (Wildman–Crippen LogP) is 6.11. The Balaban J connectivity index is 1.60. The lowest BCUT2D eigenvalue weighted by Crippen LogP contribution is -2.30. The van der Waals surface area contributed by atoms with E-state index in [4.69, 9.17) is 4.74 Å². The van der Waals surface area contributed by atoms with Crippen molar-refractivity contribution in [3.05, 3.63) is 94.5 Å². The predicted molar refractivity (Wildman–Crippen MR) is 117 cm³/mol. The van der Waals surface area contributed by atoms with Gasteiger partial charge in [-0.3, -0.25) is 4.90 Å². The highest BCUT2D eigenvalue weighted by atomic mass is 19.4. The molecule has 1 heterocycles. The van der Waals surface area contributed by atoms with Gasteiger partial charge in [-0.25, -0.2) is 4.79 Å². The summed E-state index contributed by atoms with van der Waals surface area (Å²) < 4.78 is 44.3. The number of carbonyl (C=O) groups excluding carboxylic acids is 1. The molecule has 0 aromatic heterocycles. The zero-order valence-electron chi connectivity index (χ0n) is 17.8. The highest BCUT2D eigenvalue weighted by Crippen LogP contribution is 2.33. The minimum absolute atomic E-state index is 0.314. The maximum absolute atomic E-state index is 13.1. The fourth-order valence-electron chi connectivity index (χ4n) is 4.17. The second kappa shape index (κ2) is 9.17. The molecular weight excluding hydrogens is 415 g/mol. The van der Waals surface area contributed by atoms with Crippen molar-refractivity contribution in [1.29, 1.82) is 0 Å². The Labute approximate surface area is 185 Å². The lowest BCUT2D eigenvalue weighted by atomic mass is 9.90. The first kappa shape index (κ1) is 22.1. The molecule has 3 aromatic carbocycles. The lowest BCUT2D eigenvalue weighted by molar-refractivity contribution is -0.137. The van der Waals surface area contributed by atoms with Crippen molar-refractivity contribution in [3.63, 3.8) is 0 Å². The fourth-order valence-corrected chi connectivity index (χ4v) is 4.17. The molecule has 6 heteroatoms. The van der Waals surface area contributed by atoms with Gasteiger partial charge in [0.05, 0.1) is 17.7 Å². The lowest BCUT2D eigenvalue weighted by Gasteiger charge is -2.30. The molecule has 1 aliphatic heterocycles. The number of ether oxygens (including phenoxy) is 1. The van der Waals surface area contributed by atoms with Crippen LogP contribution in [0.15, 0.2) is 66.7 Å². The number of rotatable bonds is 5. The van der Waals surface area contributed by atoms with Crippen LogP contribution in [-0.4, -0.2) is 24.0 Å². The molecule has 0 unspecified atom stereocenters. The van der Waals surface area contributed by atoms with Crippen LogP contribution in [0.4, 0.5) is 13.2 Å². The van der Waals surface area contributed by atoms with E-state index in [0.29, 0.717) is 30.8 Å². The molecule has 3 nitrogen and oxygen atoms in total. The summed E-state index contributed by atoms with van der Waals surface area (Å²) in [7, 11) is 0. The topological polar surface area (TPSA) is 29.5 Å². The Kier molecular flexibility index (Phi) is 6.33. The summed E-state index contributed by atoms with van der Waals surface area (Å²) in [5.74, 6) is -0.356. The van der Waals surface area contributed by atoms with Gasteiger partial charge in [-0.05, 0) is 59.4 Å². The van der Waals surface area contributed by atoms with E-state index in [9.17, 15) is 18.0 Å². The molecule has 0 bridgehead atoms. The minimum Gasteiger partial charge on any atom is -0.462 e. The van der Waals surface area contributed by atoms with E-state index < -0.39 is 11.7 Å². The molecule has 0 N–H and O–H groups in total. The first-order valence-corrected chi connectivity index (χ1v) is 10.6. The number of halogens is 3. The van der Waals surface area contributed by atoms with E-state index >= 15 is 0 Å². The molecule has 166 valence electrons. The molecule has 1 aliphatic rings. The third-order valence-electron chi connectivity index (χ3n) is 5.70. The Bertz CT molecular complexity index is 1120. The average Bonchev–Trinajstić information content (AvgIpc) is 2.78. The Morgan fingerprint density at radius 3 is 2.59 bits per heavy atom. The van der Waals surface area contributed by atoms with Gasteiger partial charge in [-0.2, -0.15) is 13.2 Å². The van der Waals surface area contributed by atoms with Crippen molar-refractivity contribution >= 4 is 5.97 Å². The van der Waals surface area contributed by atoms with Gasteiger partial charge in [0.25, 0.3) is 0 Å². The van der Waals surface area contributed by atoms with Gasteiger partial charge in [-0.15, -0.1) is 0 Å². The van der Waals surface area contributed by atoms with Crippen LogP contribution in [0.5, 0.6) is 0 Å². The number of fused-ring (bicyclic) bond motifs is 1. The zero-order chi connectivity index (χ0) is 22.7. The molecule has 0 spiro atoms. The van der Waals surface area contributed by atoms with Gasteiger partial charge in [-0.1, -0.05) is 48.5 Å². The number of hydrogen-bond acceptors (Lipinski definition) is 3. The molecule has 0 aliphatic carbocycles. The number of alkyl halides is 3. The third-order valence-corrected chi connectivity index (χ3v) is 5.70. The molecule has 0 atom stereocenters. The molecule has 32 heavy (non-hydrogen) atoms. The molecule has 0 amide bonds. The molecule has 0 radical (unpaired) electrons. The largest absolute Gasteiger partial charge is 0.462 e. The first-order valence-electron chi connectivity index (χ1n) is 10.6. The Morgan fingerprint density at radius 2 is 1.81 bits per heavy atom. The summed E-state index contributed by atoms with van der Waals surface area (Å²) >= 11 is 0. The third kappa shape index (κ3) is 4.86. The normalized spacial score (nSPS) is 14.1. The summed E-state index contributed by atoms with van der Waals surface area (Å²) in [4.78, 5) is 14.3. The van der Waals surface area contributed by atoms with Crippen molar-refractivity contribution in [2.75, 3.05) is 13.2 Å². The second-order valence-electron chi connectivity index (χ2n) is 7.90. The standard InChI is InChI=1S/C26H24F3NO2/c1-2-32-25(31)21-9-4-8-20(15-21)23-11-5-7-19-12-13-30(17-24(19)23)16-18-6-3-10-22(14-18)26(27,28)29/h3-11,14-15H,2,12-13,16-17H2,1H3. The number of benzene rings is 3. The van der Waals surface area contributed by atoms with E-state index in [-0.39, 0.29) is 5.97 Å². The summed E-state index contributed by atoms with van der Waals surface area (Å²) in [6.07, 6.45) is -3.53. The highest BCUT2D eigenvalue weighted by Gasteiger charge is 2.30. The first-order chi connectivity index (χ1) is 15.3. The van der Waals surface area contributed by atoms with Gasteiger partial charge >= 0.3 is 12.1 Å². The van der Waals surface area contributed by atoms with Crippen LogP contribution in [0.1, 0.15) is 39.5 Å². The molecule has 0 saturated heterocycles. The Morgan fingerprint density at radius 1 is 1.03 bits per heavy atom. The summed E-state index contributed by atoms with van der Waals surface area (Å²) in [6.45, 7) is 3.93. The number of esters is 1. The van der Waals surface area contributed by atoms with E-state index in [1.165, 1.54) is 17.7 Å². The maximum Gasteiger partial charge on any atom is 0.416 e. The number of carbonyl (C=O) groups is 1. The second-order valence-corrected chi connectivity index (χ2v) is 7.90. The molecule has 0 saturated carbocycles. The van der Waals surface area contributed by atoms with E-state index in [1.807, 2.05) is 30.3 Å².